The van der Waals surface area contributed by atoms with Crippen LogP contribution in [-0.4, -0.2) is 32.2 Å². The molecule has 0 saturated heterocycles. The van der Waals surface area contributed by atoms with Gasteiger partial charge < -0.3 is 10.1 Å². The number of nitrogens with zero attached hydrogens (tertiary/aromatic N) is 1. The van der Waals surface area contributed by atoms with Gasteiger partial charge in [-0.1, -0.05) is 45.0 Å². The summed E-state index contributed by atoms with van der Waals surface area (Å²) < 4.78 is 33.4. The van der Waals surface area contributed by atoms with Crippen molar-refractivity contribution in [3.8, 4) is 5.75 Å². The summed E-state index contributed by atoms with van der Waals surface area (Å²) in [4.78, 5) is 13.6. The Labute approximate surface area is 198 Å². The third-order valence-electron chi connectivity index (χ3n) is 6.59. The lowest BCUT2D eigenvalue weighted by atomic mass is 9.83. The van der Waals surface area contributed by atoms with Gasteiger partial charge in [0.2, 0.25) is 15.9 Å². The molecule has 0 aromatic heterocycles. The van der Waals surface area contributed by atoms with Crippen molar-refractivity contribution in [3.63, 3.8) is 0 Å². The first-order valence-electron chi connectivity index (χ1n) is 11.7. The molecular formula is C26H36N2O4S. The minimum absolute atomic E-state index is 0.253. The molecule has 0 spiro atoms. The maximum Gasteiger partial charge on any atom is 0.244 e. The second-order valence-electron chi connectivity index (χ2n) is 9.12. The molecule has 7 heteroatoms. The number of anilines is 1. The summed E-state index contributed by atoms with van der Waals surface area (Å²) in [6.07, 6.45) is 3.79. The number of carbonyl (C=O) groups is 1. The second kappa shape index (κ2) is 9.75. The van der Waals surface area contributed by atoms with Crippen LogP contribution in [0.25, 0.3) is 0 Å². The Morgan fingerprint density at radius 3 is 2.27 bits per heavy atom. The molecule has 1 amide bonds. The van der Waals surface area contributed by atoms with Crippen LogP contribution in [0.1, 0.15) is 69.2 Å². The SMILES string of the molecule is CC[C@@H](C(=O)N[C@H]1CC(CC)(CC)Oc2ccccc21)N(c1cc(C)cc(C)c1)S(C)(=O)=O. The largest absolute Gasteiger partial charge is 0.487 e. The van der Waals surface area contributed by atoms with E-state index >= 15 is 0 Å². The zero-order chi connectivity index (χ0) is 24.4. The van der Waals surface area contributed by atoms with E-state index in [9.17, 15) is 13.2 Å². The molecule has 1 N–H and O–H groups in total. The third-order valence-corrected chi connectivity index (χ3v) is 7.77. The number of fused-ring (bicyclic) bond motifs is 1. The van der Waals surface area contributed by atoms with Gasteiger partial charge in [-0.3, -0.25) is 9.10 Å². The van der Waals surface area contributed by atoms with Gasteiger partial charge in [-0.05, 0) is 62.4 Å². The minimum atomic E-state index is -3.69. The maximum absolute atomic E-state index is 13.6. The third kappa shape index (κ3) is 5.35. The monoisotopic (exact) mass is 472 g/mol. The Bertz CT molecular complexity index is 1090. The molecule has 1 aliphatic heterocycles. The normalized spacial score (nSPS) is 18.1. The molecule has 33 heavy (non-hydrogen) atoms. The van der Waals surface area contributed by atoms with E-state index in [0.717, 1.165) is 41.5 Å². The van der Waals surface area contributed by atoms with E-state index < -0.39 is 16.1 Å². The standard InChI is InChI=1S/C26H36N2O4S/c1-7-23(28(33(6,30)31)20-15-18(4)14-19(5)16-20)25(29)27-22-17-26(8-2,9-3)32-24-13-11-10-12-21(22)24/h10-16,22-23H,7-9,17H2,1-6H3,(H,27,29)/t22-,23-/m0/s1. The maximum atomic E-state index is 13.6. The summed E-state index contributed by atoms with van der Waals surface area (Å²) in [5.41, 5.74) is 2.97. The van der Waals surface area contributed by atoms with Gasteiger partial charge in [-0.25, -0.2) is 8.42 Å². The molecule has 1 aliphatic rings. The smallest absolute Gasteiger partial charge is 0.244 e. The number of hydrogen-bond acceptors (Lipinski definition) is 4. The number of sulfonamides is 1. The molecule has 2 aromatic rings. The first kappa shape index (κ1) is 25.1. The number of nitrogens with one attached hydrogen (secondary N) is 1. The number of para-hydroxylation sites is 1. The Balaban J connectivity index is 1.98. The fraction of sp³-hybridized carbons (Fsp3) is 0.500. The zero-order valence-electron chi connectivity index (χ0n) is 20.5. The molecule has 2 atom stereocenters. The lowest BCUT2D eigenvalue weighted by molar-refractivity contribution is -0.123. The molecule has 2 aromatic carbocycles. The highest BCUT2D eigenvalue weighted by molar-refractivity contribution is 7.92. The summed E-state index contributed by atoms with van der Waals surface area (Å²) in [5.74, 6) is 0.477. The number of aryl methyl sites for hydroxylation is 2. The van der Waals surface area contributed by atoms with Gasteiger partial charge in [0.1, 0.15) is 17.4 Å². The van der Waals surface area contributed by atoms with Gasteiger partial charge in [-0.2, -0.15) is 0 Å². The predicted octanol–water partition coefficient (Wildman–Crippen LogP) is 5.05. The van der Waals surface area contributed by atoms with Crippen LogP contribution in [0.2, 0.25) is 0 Å². The van der Waals surface area contributed by atoms with E-state index in [-0.39, 0.29) is 17.6 Å². The van der Waals surface area contributed by atoms with Gasteiger partial charge in [0, 0.05) is 12.0 Å². The van der Waals surface area contributed by atoms with Crippen molar-refractivity contribution in [2.75, 3.05) is 10.6 Å². The number of hydrogen-bond donors (Lipinski definition) is 1. The van der Waals surface area contributed by atoms with E-state index in [1.165, 1.54) is 4.31 Å². The molecule has 1 heterocycles. The number of rotatable bonds is 8. The average molecular weight is 473 g/mol. The highest BCUT2D eigenvalue weighted by Crippen LogP contribution is 2.42. The minimum Gasteiger partial charge on any atom is -0.487 e. The molecule has 0 unspecified atom stereocenters. The van der Waals surface area contributed by atoms with E-state index in [2.05, 4.69) is 19.2 Å². The highest BCUT2D eigenvalue weighted by atomic mass is 32.2. The number of amides is 1. The lowest BCUT2D eigenvalue weighted by Gasteiger charge is -2.42. The molecule has 0 bridgehead atoms. The van der Waals surface area contributed by atoms with Crippen molar-refractivity contribution in [3.05, 3.63) is 59.2 Å². The van der Waals surface area contributed by atoms with Crippen LogP contribution in [0.5, 0.6) is 5.75 Å². The number of carbonyl (C=O) groups excluding carboxylic acids is 1. The molecule has 3 rings (SSSR count). The fourth-order valence-electron chi connectivity index (χ4n) is 4.84. The average Bonchev–Trinajstić information content (AvgIpc) is 2.75. The van der Waals surface area contributed by atoms with Crippen LogP contribution in [0.15, 0.2) is 42.5 Å². The van der Waals surface area contributed by atoms with Crippen molar-refractivity contribution < 1.29 is 17.9 Å². The van der Waals surface area contributed by atoms with Crippen LogP contribution in [-0.2, 0) is 14.8 Å². The van der Waals surface area contributed by atoms with Gasteiger partial charge >= 0.3 is 0 Å². The summed E-state index contributed by atoms with van der Waals surface area (Å²) in [6.45, 7) is 9.87. The Morgan fingerprint density at radius 2 is 1.73 bits per heavy atom. The fourth-order valence-corrected chi connectivity index (χ4v) is 6.03. The van der Waals surface area contributed by atoms with E-state index in [0.29, 0.717) is 18.5 Å². The Hall–Kier alpha value is -2.54. The summed E-state index contributed by atoms with van der Waals surface area (Å²) in [7, 11) is -3.69. The summed E-state index contributed by atoms with van der Waals surface area (Å²) >= 11 is 0. The number of benzene rings is 2. The van der Waals surface area contributed by atoms with Gasteiger partial charge in [0.05, 0.1) is 18.0 Å². The quantitative estimate of drug-likeness (QED) is 0.584. The van der Waals surface area contributed by atoms with E-state index in [1.54, 1.807) is 0 Å². The van der Waals surface area contributed by atoms with E-state index in [4.69, 9.17) is 4.74 Å². The first-order chi connectivity index (χ1) is 15.5. The van der Waals surface area contributed by atoms with Crippen molar-refractivity contribution in [1.82, 2.24) is 5.32 Å². The molecule has 180 valence electrons. The lowest BCUT2D eigenvalue weighted by Crippen LogP contribution is -2.52. The topological polar surface area (TPSA) is 75.7 Å². The van der Waals surface area contributed by atoms with Crippen molar-refractivity contribution in [2.45, 2.75) is 78.0 Å². The van der Waals surface area contributed by atoms with Crippen molar-refractivity contribution in [1.29, 1.82) is 0 Å². The van der Waals surface area contributed by atoms with Gasteiger partial charge in [0.15, 0.2) is 0 Å². The molecule has 6 nitrogen and oxygen atoms in total. The molecule has 0 aliphatic carbocycles. The van der Waals surface area contributed by atoms with Crippen molar-refractivity contribution in [2.24, 2.45) is 0 Å². The van der Waals surface area contributed by atoms with Gasteiger partial charge in [0.25, 0.3) is 0 Å². The van der Waals surface area contributed by atoms with E-state index in [1.807, 2.05) is 63.2 Å². The molecule has 0 fully saturated rings. The highest BCUT2D eigenvalue weighted by Gasteiger charge is 2.40. The van der Waals surface area contributed by atoms with Crippen LogP contribution < -0.4 is 14.4 Å². The Morgan fingerprint density at radius 1 is 1.12 bits per heavy atom. The predicted molar refractivity (Wildman–Crippen MR) is 133 cm³/mol. The Kier molecular flexibility index (Phi) is 7.42. The first-order valence-corrected chi connectivity index (χ1v) is 13.5. The molecule has 0 saturated carbocycles. The zero-order valence-corrected chi connectivity index (χ0v) is 21.3. The van der Waals surface area contributed by atoms with Crippen molar-refractivity contribution >= 4 is 21.6 Å². The van der Waals surface area contributed by atoms with Crippen LogP contribution in [0.3, 0.4) is 0 Å². The molecular weight excluding hydrogens is 436 g/mol. The number of ether oxygens (including phenoxy) is 1. The van der Waals surface area contributed by atoms with Gasteiger partial charge in [-0.15, -0.1) is 0 Å². The summed E-state index contributed by atoms with van der Waals surface area (Å²) in [5, 5.41) is 3.18. The van der Waals surface area contributed by atoms with Crippen LogP contribution in [0.4, 0.5) is 5.69 Å². The van der Waals surface area contributed by atoms with Crippen LogP contribution in [0, 0.1) is 13.8 Å². The van der Waals surface area contributed by atoms with Crippen LogP contribution >= 0.6 is 0 Å². The summed E-state index contributed by atoms with van der Waals surface area (Å²) in [6, 6.07) is 12.3. The molecule has 0 radical (unpaired) electrons. The second-order valence-corrected chi connectivity index (χ2v) is 11.0.